The quantitative estimate of drug-likeness (QED) is 0.166. The molecule has 0 unspecified atom stereocenters. The van der Waals surface area contributed by atoms with E-state index in [1.54, 1.807) is 6.20 Å². The number of benzene rings is 7. The maximum absolute atomic E-state index is 4.99. The van der Waals surface area contributed by atoms with E-state index in [0.717, 1.165) is 44.6 Å². The van der Waals surface area contributed by atoms with Crippen molar-refractivity contribution in [3.8, 4) is 73.2 Å². The molecular formula is C50H33N5. The van der Waals surface area contributed by atoms with Crippen molar-refractivity contribution in [3.63, 3.8) is 0 Å². The molecule has 0 atom stereocenters. The number of hydrogen-bond acceptors (Lipinski definition) is 4. The molecule has 0 radical (unpaired) electrons. The molecule has 0 spiro atoms. The number of fused-ring (bicyclic) bond motifs is 3. The number of nitrogens with zero attached hydrogens (tertiary/aromatic N) is 5. The van der Waals surface area contributed by atoms with Gasteiger partial charge in [-0.2, -0.15) is 0 Å². The van der Waals surface area contributed by atoms with Crippen LogP contribution in [0.3, 0.4) is 0 Å². The lowest BCUT2D eigenvalue weighted by Gasteiger charge is -2.10. The predicted molar refractivity (Wildman–Crippen MR) is 225 cm³/mol. The lowest BCUT2D eigenvalue weighted by Crippen LogP contribution is -2.00. The smallest absolute Gasteiger partial charge is 0.164 e. The van der Waals surface area contributed by atoms with Crippen LogP contribution < -0.4 is 0 Å². The Morgan fingerprint density at radius 1 is 0.309 bits per heavy atom. The Morgan fingerprint density at radius 2 is 0.782 bits per heavy atom. The Labute approximate surface area is 318 Å². The van der Waals surface area contributed by atoms with Crippen molar-refractivity contribution in [2.45, 2.75) is 0 Å². The van der Waals surface area contributed by atoms with E-state index < -0.39 is 0 Å². The number of aromatic nitrogens is 5. The van der Waals surface area contributed by atoms with Crippen molar-refractivity contribution in [2.24, 2.45) is 0 Å². The van der Waals surface area contributed by atoms with Gasteiger partial charge in [-0.05, 0) is 75.8 Å². The molecule has 0 saturated carbocycles. The summed E-state index contributed by atoms with van der Waals surface area (Å²) < 4.78 is 2.35. The van der Waals surface area contributed by atoms with E-state index in [4.69, 9.17) is 15.0 Å². The molecule has 7 aromatic carbocycles. The highest BCUT2D eigenvalue weighted by molar-refractivity contribution is 6.10. The molecule has 10 rings (SSSR count). The van der Waals surface area contributed by atoms with E-state index in [-0.39, 0.29) is 0 Å². The largest absolute Gasteiger partial charge is 0.309 e. The summed E-state index contributed by atoms with van der Waals surface area (Å²) in [7, 11) is 0. The summed E-state index contributed by atoms with van der Waals surface area (Å²) in [5.41, 5.74) is 13.1. The highest BCUT2D eigenvalue weighted by atomic mass is 15.0. The van der Waals surface area contributed by atoms with Crippen LogP contribution in [-0.4, -0.2) is 24.5 Å². The fourth-order valence-corrected chi connectivity index (χ4v) is 7.39. The minimum atomic E-state index is 0.627. The molecule has 0 bridgehead atoms. The molecule has 3 aromatic heterocycles. The van der Waals surface area contributed by atoms with Crippen molar-refractivity contribution < 1.29 is 0 Å². The first-order chi connectivity index (χ1) is 27.2. The molecule has 0 N–H and O–H groups in total. The fourth-order valence-electron chi connectivity index (χ4n) is 7.39. The third kappa shape index (κ3) is 6.14. The van der Waals surface area contributed by atoms with Crippen LogP contribution in [0.15, 0.2) is 200 Å². The average molecular weight is 704 g/mol. The van der Waals surface area contributed by atoms with Crippen LogP contribution in [0, 0.1) is 0 Å². The monoisotopic (exact) mass is 703 g/mol. The summed E-state index contributed by atoms with van der Waals surface area (Å²) in [5, 5.41) is 2.48. The van der Waals surface area contributed by atoms with E-state index in [2.05, 4.69) is 161 Å². The SMILES string of the molecule is c1ccc(-c2nc(-c3ccc(-c4cccnc4)cc3)nc(-c3ccc(-c4cccc(-c5ccc6c(c5)c5ccccc5n6-c5ccccc5)c4)cc3)n2)cc1. The average Bonchev–Trinajstić information content (AvgIpc) is 3.61. The van der Waals surface area contributed by atoms with E-state index in [9.17, 15) is 0 Å². The fraction of sp³-hybridized carbons (Fsp3) is 0. The number of rotatable bonds is 7. The van der Waals surface area contributed by atoms with Crippen molar-refractivity contribution >= 4 is 21.8 Å². The van der Waals surface area contributed by atoms with Gasteiger partial charge in [-0.15, -0.1) is 0 Å². The van der Waals surface area contributed by atoms with Gasteiger partial charge in [0.2, 0.25) is 0 Å². The van der Waals surface area contributed by atoms with Gasteiger partial charge in [-0.3, -0.25) is 4.98 Å². The second-order valence-corrected chi connectivity index (χ2v) is 13.6. The second-order valence-electron chi connectivity index (χ2n) is 13.6. The Balaban J connectivity index is 0.988. The highest BCUT2D eigenvalue weighted by Crippen LogP contribution is 2.36. The topological polar surface area (TPSA) is 56.5 Å². The normalized spacial score (nSPS) is 11.3. The Morgan fingerprint density at radius 3 is 1.44 bits per heavy atom. The van der Waals surface area contributed by atoms with Crippen molar-refractivity contribution in [3.05, 3.63) is 200 Å². The minimum Gasteiger partial charge on any atom is -0.309 e. The molecule has 55 heavy (non-hydrogen) atoms. The molecule has 0 aliphatic heterocycles. The summed E-state index contributed by atoms with van der Waals surface area (Å²) in [4.78, 5) is 19.1. The number of hydrogen-bond donors (Lipinski definition) is 0. The first kappa shape index (κ1) is 32.2. The van der Waals surface area contributed by atoms with Crippen molar-refractivity contribution in [2.75, 3.05) is 0 Å². The van der Waals surface area contributed by atoms with Gasteiger partial charge < -0.3 is 4.57 Å². The first-order valence-electron chi connectivity index (χ1n) is 18.4. The highest BCUT2D eigenvalue weighted by Gasteiger charge is 2.15. The maximum Gasteiger partial charge on any atom is 0.164 e. The molecule has 0 fully saturated rings. The predicted octanol–water partition coefficient (Wildman–Crippen LogP) is 12.4. The lowest BCUT2D eigenvalue weighted by atomic mass is 9.97. The van der Waals surface area contributed by atoms with Gasteiger partial charge in [0.25, 0.3) is 0 Å². The summed E-state index contributed by atoms with van der Waals surface area (Å²) in [6.45, 7) is 0. The standard InChI is InChI=1S/C50H33N5/c1-3-11-36(12-4-1)48-52-49(54-50(53-48)38-26-22-35(23-27-38)42-15-10-30-51-33-42)37-24-20-34(21-25-37)39-13-9-14-40(31-39)41-28-29-47-45(32-41)44-18-7-8-19-46(44)55(47)43-16-5-2-6-17-43/h1-33H. The molecule has 5 nitrogen and oxygen atoms in total. The zero-order chi connectivity index (χ0) is 36.6. The van der Waals surface area contributed by atoms with Gasteiger partial charge in [0.05, 0.1) is 11.0 Å². The first-order valence-corrected chi connectivity index (χ1v) is 18.4. The summed E-state index contributed by atoms with van der Waals surface area (Å²) >= 11 is 0. The number of pyridine rings is 1. The van der Waals surface area contributed by atoms with E-state index >= 15 is 0 Å². The van der Waals surface area contributed by atoms with Crippen LogP contribution >= 0.6 is 0 Å². The van der Waals surface area contributed by atoms with Gasteiger partial charge in [0, 0.05) is 45.5 Å². The zero-order valence-electron chi connectivity index (χ0n) is 29.8. The molecule has 0 saturated heterocycles. The minimum absolute atomic E-state index is 0.627. The number of para-hydroxylation sites is 2. The molecule has 0 aliphatic rings. The van der Waals surface area contributed by atoms with E-state index in [1.165, 1.54) is 32.9 Å². The van der Waals surface area contributed by atoms with Gasteiger partial charge in [-0.25, -0.2) is 15.0 Å². The van der Waals surface area contributed by atoms with Gasteiger partial charge in [0.1, 0.15) is 0 Å². The van der Waals surface area contributed by atoms with Gasteiger partial charge in [0.15, 0.2) is 17.5 Å². The second kappa shape index (κ2) is 13.8. The summed E-state index contributed by atoms with van der Waals surface area (Å²) in [6.07, 6.45) is 3.66. The molecular weight excluding hydrogens is 671 g/mol. The molecule has 5 heteroatoms. The molecule has 10 aromatic rings. The summed E-state index contributed by atoms with van der Waals surface area (Å²) in [5.74, 6) is 1.89. The molecule has 258 valence electrons. The van der Waals surface area contributed by atoms with Crippen LogP contribution in [0.2, 0.25) is 0 Å². The lowest BCUT2D eigenvalue weighted by molar-refractivity contribution is 1.07. The van der Waals surface area contributed by atoms with Crippen LogP contribution in [0.5, 0.6) is 0 Å². The Kier molecular flexibility index (Phi) is 8.08. The van der Waals surface area contributed by atoms with E-state index in [0.29, 0.717) is 17.5 Å². The van der Waals surface area contributed by atoms with Crippen LogP contribution in [0.25, 0.3) is 95.0 Å². The van der Waals surface area contributed by atoms with E-state index in [1.807, 2.05) is 42.6 Å². The van der Waals surface area contributed by atoms with Gasteiger partial charge in [-0.1, -0.05) is 146 Å². The Hall–Kier alpha value is -7.50. The van der Waals surface area contributed by atoms with Crippen LogP contribution in [-0.2, 0) is 0 Å². The third-order valence-corrected chi connectivity index (χ3v) is 10.2. The third-order valence-electron chi connectivity index (χ3n) is 10.2. The van der Waals surface area contributed by atoms with Crippen molar-refractivity contribution in [1.29, 1.82) is 0 Å². The van der Waals surface area contributed by atoms with Crippen LogP contribution in [0.1, 0.15) is 0 Å². The van der Waals surface area contributed by atoms with Gasteiger partial charge >= 0.3 is 0 Å². The molecule has 0 aliphatic carbocycles. The van der Waals surface area contributed by atoms with Crippen molar-refractivity contribution in [1.82, 2.24) is 24.5 Å². The summed E-state index contributed by atoms with van der Waals surface area (Å²) in [6, 6.07) is 65.7. The van der Waals surface area contributed by atoms with Crippen LogP contribution in [0.4, 0.5) is 0 Å². The molecule has 3 heterocycles. The Bertz CT molecular complexity index is 2940. The zero-order valence-corrected chi connectivity index (χ0v) is 29.8. The molecule has 0 amide bonds. The maximum atomic E-state index is 4.99.